The van der Waals surface area contributed by atoms with Crippen molar-refractivity contribution in [1.82, 2.24) is 9.88 Å². The monoisotopic (exact) mass is 262 g/mol. The lowest BCUT2D eigenvalue weighted by Crippen LogP contribution is -2.46. The molecule has 19 heavy (non-hydrogen) atoms. The standard InChI is InChI=1S/C14H18N2O3/c1-9-7-11(3-5-15-9)13(17)16-6-4-12(14(18)19)8-10(16)2/h3,5,7,10,12H,4,6,8H2,1-2H3,(H,18,19). The van der Waals surface area contributed by atoms with Crippen LogP contribution >= 0.6 is 0 Å². The first-order valence-corrected chi connectivity index (χ1v) is 6.45. The number of carbonyl (C=O) groups is 2. The summed E-state index contributed by atoms with van der Waals surface area (Å²) in [6.07, 6.45) is 2.66. The van der Waals surface area contributed by atoms with Crippen LogP contribution in [-0.4, -0.2) is 39.5 Å². The number of aryl methyl sites for hydroxylation is 1. The van der Waals surface area contributed by atoms with Crippen LogP contribution in [-0.2, 0) is 4.79 Å². The highest BCUT2D eigenvalue weighted by Gasteiger charge is 2.32. The van der Waals surface area contributed by atoms with E-state index in [9.17, 15) is 9.59 Å². The number of amides is 1. The molecule has 1 aliphatic rings. The van der Waals surface area contributed by atoms with Crippen LogP contribution in [0.3, 0.4) is 0 Å². The van der Waals surface area contributed by atoms with Crippen LogP contribution in [0.1, 0.15) is 35.8 Å². The number of hydrogen-bond donors (Lipinski definition) is 1. The zero-order valence-corrected chi connectivity index (χ0v) is 11.2. The van der Waals surface area contributed by atoms with E-state index in [1.807, 2.05) is 13.8 Å². The number of hydrogen-bond acceptors (Lipinski definition) is 3. The number of likely N-dealkylation sites (tertiary alicyclic amines) is 1. The summed E-state index contributed by atoms with van der Waals surface area (Å²) in [5, 5.41) is 9.02. The number of piperidine rings is 1. The van der Waals surface area contributed by atoms with Gasteiger partial charge in [0.1, 0.15) is 0 Å². The third-order valence-corrected chi connectivity index (χ3v) is 3.63. The third-order valence-electron chi connectivity index (χ3n) is 3.63. The van der Waals surface area contributed by atoms with Crippen molar-refractivity contribution >= 4 is 11.9 Å². The maximum atomic E-state index is 12.4. The van der Waals surface area contributed by atoms with Gasteiger partial charge in [0.25, 0.3) is 5.91 Å². The summed E-state index contributed by atoms with van der Waals surface area (Å²) < 4.78 is 0. The summed E-state index contributed by atoms with van der Waals surface area (Å²) in [4.78, 5) is 29.2. The van der Waals surface area contributed by atoms with Gasteiger partial charge in [-0.25, -0.2) is 0 Å². The van der Waals surface area contributed by atoms with E-state index >= 15 is 0 Å². The van der Waals surface area contributed by atoms with Crippen LogP contribution in [0.2, 0.25) is 0 Å². The molecule has 102 valence electrons. The third kappa shape index (κ3) is 2.92. The number of rotatable bonds is 2. The minimum absolute atomic E-state index is 0.0400. The van der Waals surface area contributed by atoms with Crippen LogP contribution in [0, 0.1) is 12.8 Å². The normalized spacial score (nSPS) is 23.2. The number of nitrogens with zero attached hydrogens (tertiary/aromatic N) is 2. The van der Waals surface area contributed by atoms with Gasteiger partial charge < -0.3 is 10.0 Å². The number of carboxylic acid groups (broad SMARTS) is 1. The summed E-state index contributed by atoms with van der Waals surface area (Å²) >= 11 is 0. The van der Waals surface area contributed by atoms with Crippen molar-refractivity contribution in [2.24, 2.45) is 5.92 Å². The Morgan fingerprint density at radius 3 is 2.79 bits per heavy atom. The van der Waals surface area contributed by atoms with E-state index in [0.29, 0.717) is 24.9 Å². The topological polar surface area (TPSA) is 70.5 Å². The highest BCUT2D eigenvalue weighted by atomic mass is 16.4. The Hall–Kier alpha value is -1.91. The summed E-state index contributed by atoms with van der Waals surface area (Å²) in [6, 6.07) is 3.42. The van der Waals surface area contributed by atoms with Gasteiger partial charge in [0.15, 0.2) is 0 Å². The molecule has 2 heterocycles. The van der Waals surface area contributed by atoms with Crippen LogP contribution in [0.4, 0.5) is 0 Å². The lowest BCUT2D eigenvalue weighted by Gasteiger charge is -2.36. The van der Waals surface area contributed by atoms with Gasteiger partial charge in [0.05, 0.1) is 5.92 Å². The molecule has 1 amide bonds. The minimum atomic E-state index is -0.765. The first kappa shape index (κ1) is 13.5. The fourth-order valence-corrected chi connectivity index (χ4v) is 2.54. The van der Waals surface area contributed by atoms with Gasteiger partial charge >= 0.3 is 5.97 Å². The molecule has 0 spiro atoms. The number of aliphatic carboxylic acids is 1. The molecule has 1 fully saturated rings. The van der Waals surface area contributed by atoms with Gasteiger partial charge in [0.2, 0.25) is 0 Å². The predicted octanol–water partition coefficient (Wildman–Crippen LogP) is 1.72. The first-order chi connectivity index (χ1) is 8.99. The van der Waals surface area contributed by atoms with Gasteiger partial charge in [-0.1, -0.05) is 0 Å². The maximum Gasteiger partial charge on any atom is 0.306 e. The van der Waals surface area contributed by atoms with Crippen molar-refractivity contribution in [2.45, 2.75) is 32.7 Å². The molecule has 0 bridgehead atoms. The molecule has 1 aromatic heterocycles. The van der Waals surface area contributed by atoms with Gasteiger partial charge in [0, 0.05) is 30.0 Å². The summed E-state index contributed by atoms with van der Waals surface area (Å²) in [7, 11) is 0. The number of carboxylic acids is 1. The number of aromatic nitrogens is 1. The van der Waals surface area contributed by atoms with Crippen molar-refractivity contribution in [3.05, 3.63) is 29.6 Å². The van der Waals surface area contributed by atoms with E-state index < -0.39 is 5.97 Å². The average molecular weight is 262 g/mol. The van der Waals surface area contributed by atoms with E-state index in [2.05, 4.69) is 4.98 Å². The Kier molecular flexibility index (Phi) is 3.83. The molecule has 1 N–H and O–H groups in total. The number of carbonyl (C=O) groups excluding carboxylic acids is 1. The lowest BCUT2D eigenvalue weighted by molar-refractivity contribution is -0.143. The highest BCUT2D eigenvalue weighted by molar-refractivity contribution is 5.94. The predicted molar refractivity (Wildman–Crippen MR) is 69.8 cm³/mol. The molecule has 1 aliphatic heterocycles. The molecular formula is C14H18N2O3. The fraction of sp³-hybridized carbons (Fsp3) is 0.500. The SMILES string of the molecule is Cc1cc(C(=O)N2CCC(C(=O)O)CC2C)ccn1. The molecule has 0 saturated carbocycles. The molecule has 5 heteroatoms. The summed E-state index contributed by atoms with van der Waals surface area (Å²) in [5.41, 5.74) is 1.42. The average Bonchev–Trinajstić information content (AvgIpc) is 2.37. The molecule has 0 radical (unpaired) electrons. The van der Waals surface area contributed by atoms with E-state index in [4.69, 9.17) is 5.11 Å². The molecule has 5 nitrogen and oxygen atoms in total. The largest absolute Gasteiger partial charge is 0.481 e. The zero-order valence-electron chi connectivity index (χ0n) is 11.2. The summed E-state index contributed by atoms with van der Waals surface area (Å²) in [5.74, 6) is -1.14. The first-order valence-electron chi connectivity index (χ1n) is 6.45. The van der Waals surface area contributed by atoms with Crippen molar-refractivity contribution < 1.29 is 14.7 Å². The second kappa shape index (κ2) is 5.38. The maximum absolute atomic E-state index is 12.4. The molecule has 2 unspecified atom stereocenters. The molecule has 1 saturated heterocycles. The van der Waals surface area contributed by atoms with Crippen molar-refractivity contribution in [3.63, 3.8) is 0 Å². The van der Waals surface area contributed by atoms with Gasteiger partial charge in [-0.15, -0.1) is 0 Å². The van der Waals surface area contributed by atoms with E-state index in [0.717, 1.165) is 5.69 Å². The molecule has 0 aliphatic carbocycles. The van der Waals surface area contributed by atoms with Gasteiger partial charge in [-0.3, -0.25) is 14.6 Å². The molecular weight excluding hydrogens is 244 g/mol. The van der Waals surface area contributed by atoms with Crippen LogP contribution in [0.15, 0.2) is 18.3 Å². The Bertz CT molecular complexity index is 501. The lowest BCUT2D eigenvalue weighted by atomic mass is 9.91. The Morgan fingerprint density at radius 1 is 1.47 bits per heavy atom. The Balaban J connectivity index is 2.11. The molecule has 2 rings (SSSR count). The summed E-state index contributed by atoms with van der Waals surface area (Å²) in [6.45, 7) is 4.25. The van der Waals surface area contributed by atoms with Crippen LogP contribution in [0.25, 0.3) is 0 Å². The zero-order chi connectivity index (χ0) is 14.0. The Morgan fingerprint density at radius 2 is 2.21 bits per heavy atom. The van der Waals surface area contributed by atoms with Crippen molar-refractivity contribution in [2.75, 3.05) is 6.54 Å². The van der Waals surface area contributed by atoms with E-state index in [1.54, 1.807) is 23.2 Å². The number of pyridine rings is 1. The Labute approximate surface area is 112 Å². The van der Waals surface area contributed by atoms with E-state index in [-0.39, 0.29) is 17.9 Å². The highest BCUT2D eigenvalue weighted by Crippen LogP contribution is 2.24. The van der Waals surface area contributed by atoms with Crippen LogP contribution < -0.4 is 0 Å². The smallest absolute Gasteiger partial charge is 0.306 e. The minimum Gasteiger partial charge on any atom is -0.481 e. The van der Waals surface area contributed by atoms with Gasteiger partial charge in [-0.05, 0) is 38.8 Å². The van der Waals surface area contributed by atoms with E-state index in [1.165, 1.54) is 0 Å². The fourth-order valence-electron chi connectivity index (χ4n) is 2.54. The quantitative estimate of drug-likeness (QED) is 0.881. The van der Waals surface area contributed by atoms with Gasteiger partial charge in [-0.2, -0.15) is 0 Å². The second-order valence-corrected chi connectivity index (χ2v) is 5.09. The van der Waals surface area contributed by atoms with Crippen LogP contribution in [0.5, 0.6) is 0 Å². The van der Waals surface area contributed by atoms with Crippen molar-refractivity contribution in [3.8, 4) is 0 Å². The van der Waals surface area contributed by atoms with Crippen molar-refractivity contribution in [1.29, 1.82) is 0 Å². The molecule has 0 aromatic carbocycles. The second-order valence-electron chi connectivity index (χ2n) is 5.09. The molecule has 2 atom stereocenters. The molecule has 1 aromatic rings.